The molecule has 1 saturated heterocycles. The normalized spacial score (nSPS) is 13.6. The lowest BCUT2D eigenvalue weighted by Crippen LogP contribution is -2.52. The lowest BCUT2D eigenvalue weighted by molar-refractivity contribution is -0.131. The molecule has 0 atom stereocenters. The minimum Gasteiger partial charge on any atom is -0.486 e. The number of halogens is 1. The standard InChI is InChI=1S/C25H27ClN4O3S/c1-17-3-7-21(8-4-17)33-15-23-27-20(16-34-23)14-24(31)29-9-11-30(12-10-29)25(32)28-19-6-5-18(2)22(26)13-19/h3-8,13,16H,9-12,14-15H2,1-2H3,(H,28,32). The number of nitrogens with one attached hydrogen (secondary N) is 1. The lowest BCUT2D eigenvalue weighted by Gasteiger charge is -2.34. The van der Waals surface area contributed by atoms with E-state index < -0.39 is 0 Å². The van der Waals surface area contributed by atoms with Crippen molar-refractivity contribution in [2.75, 3.05) is 31.5 Å². The average Bonchev–Trinajstić information content (AvgIpc) is 3.28. The molecular weight excluding hydrogens is 472 g/mol. The van der Waals surface area contributed by atoms with Crippen molar-refractivity contribution in [2.24, 2.45) is 0 Å². The Labute approximate surface area is 208 Å². The summed E-state index contributed by atoms with van der Waals surface area (Å²) in [7, 11) is 0. The molecule has 1 aliphatic rings. The van der Waals surface area contributed by atoms with Gasteiger partial charge in [0.05, 0.1) is 12.1 Å². The molecule has 1 aromatic heterocycles. The van der Waals surface area contributed by atoms with Gasteiger partial charge in [0.25, 0.3) is 0 Å². The third-order valence-corrected chi connectivity index (χ3v) is 6.94. The molecule has 3 amide bonds. The second kappa shape index (κ2) is 10.9. The average molecular weight is 499 g/mol. The molecule has 178 valence electrons. The summed E-state index contributed by atoms with van der Waals surface area (Å²) in [5.41, 5.74) is 3.54. The van der Waals surface area contributed by atoms with E-state index in [0.29, 0.717) is 43.5 Å². The van der Waals surface area contributed by atoms with Crippen molar-refractivity contribution >= 4 is 40.6 Å². The molecule has 0 radical (unpaired) electrons. The van der Waals surface area contributed by atoms with E-state index in [1.807, 2.05) is 55.6 Å². The zero-order chi connectivity index (χ0) is 24.1. The van der Waals surface area contributed by atoms with Crippen LogP contribution in [0.5, 0.6) is 5.75 Å². The van der Waals surface area contributed by atoms with Crippen molar-refractivity contribution in [3.63, 3.8) is 0 Å². The number of anilines is 1. The first kappa shape index (κ1) is 24.0. The molecule has 0 bridgehead atoms. The van der Waals surface area contributed by atoms with Crippen molar-refractivity contribution in [1.29, 1.82) is 0 Å². The number of nitrogens with zero attached hydrogens (tertiary/aromatic N) is 3. The second-order valence-electron chi connectivity index (χ2n) is 8.27. The summed E-state index contributed by atoms with van der Waals surface area (Å²) >= 11 is 7.63. The fourth-order valence-corrected chi connectivity index (χ4v) is 4.46. The number of aryl methyl sites for hydroxylation is 2. The number of carbonyl (C=O) groups is 2. The van der Waals surface area contributed by atoms with Crippen LogP contribution in [0.1, 0.15) is 21.8 Å². The highest BCUT2D eigenvalue weighted by atomic mass is 35.5. The number of aromatic nitrogens is 1. The number of thiazole rings is 1. The molecule has 7 nitrogen and oxygen atoms in total. The molecule has 2 aromatic carbocycles. The minimum atomic E-state index is -0.190. The Morgan fingerprint density at radius 3 is 2.47 bits per heavy atom. The van der Waals surface area contributed by atoms with E-state index >= 15 is 0 Å². The van der Waals surface area contributed by atoms with Crippen LogP contribution in [0.25, 0.3) is 0 Å². The number of carbonyl (C=O) groups excluding carboxylic acids is 2. The van der Waals surface area contributed by atoms with Crippen molar-refractivity contribution in [3.05, 3.63) is 74.7 Å². The van der Waals surface area contributed by atoms with Crippen LogP contribution in [-0.2, 0) is 17.8 Å². The van der Waals surface area contributed by atoms with Gasteiger partial charge in [0.2, 0.25) is 5.91 Å². The Morgan fingerprint density at radius 1 is 1.06 bits per heavy atom. The number of piperazine rings is 1. The highest BCUT2D eigenvalue weighted by molar-refractivity contribution is 7.09. The molecule has 1 N–H and O–H groups in total. The molecule has 1 aliphatic heterocycles. The molecule has 1 fully saturated rings. The summed E-state index contributed by atoms with van der Waals surface area (Å²) in [6, 6.07) is 13.1. The van der Waals surface area contributed by atoms with E-state index in [1.54, 1.807) is 15.9 Å². The fraction of sp³-hybridized carbons (Fsp3) is 0.320. The van der Waals surface area contributed by atoms with Gasteiger partial charge in [0.15, 0.2) is 0 Å². The maximum absolute atomic E-state index is 12.8. The van der Waals surface area contributed by atoms with E-state index in [0.717, 1.165) is 22.0 Å². The first-order valence-corrected chi connectivity index (χ1v) is 12.4. The SMILES string of the molecule is Cc1ccc(OCc2nc(CC(=O)N3CCN(C(=O)Nc4ccc(C)c(Cl)c4)CC3)cs2)cc1. The second-order valence-corrected chi connectivity index (χ2v) is 9.62. The van der Waals surface area contributed by atoms with Crippen LogP contribution in [-0.4, -0.2) is 52.9 Å². The molecule has 34 heavy (non-hydrogen) atoms. The molecule has 2 heterocycles. The van der Waals surface area contributed by atoms with Gasteiger partial charge in [-0.3, -0.25) is 4.79 Å². The zero-order valence-electron chi connectivity index (χ0n) is 19.2. The summed E-state index contributed by atoms with van der Waals surface area (Å²) in [5, 5.41) is 6.22. The van der Waals surface area contributed by atoms with E-state index in [9.17, 15) is 9.59 Å². The quantitative estimate of drug-likeness (QED) is 0.524. The van der Waals surface area contributed by atoms with E-state index in [-0.39, 0.29) is 18.4 Å². The topological polar surface area (TPSA) is 74.8 Å². The molecule has 3 aromatic rings. The number of ether oxygens (including phenoxy) is 1. The Balaban J connectivity index is 1.22. The van der Waals surface area contributed by atoms with Gasteiger partial charge in [0.1, 0.15) is 17.4 Å². The summed E-state index contributed by atoms with van der Waals surface area (Å²) in [5.74, 6) is 0.812. The van der Waals surface area contributed by atoms with E-state index in [1.165, 1.54) is 16.9 Å². The third-order valence-electron chi connectivity index (χ3n) is 5.66. The summed E-state index contributed by atoms with van der Waals surface area (Å²) in [6.07, 6.45) is 0.245. The lowest BCUT2D eigenvalue weighted by atomic mass is 10.2. The first-order valence-electron chi connectivity index (χ1n) is 11.1. The summed E-state index contributed by atoms with van der Waals surface area (Å²) in [4.78, 5) is 33.3. The Hall–Kier alpha value is -3.10. The third kappa shape index (κ3) is 6.27. The highest BCUT2D eigenvalue weighted by Crippen LogP contribution is 2.21. The van der Waals surface area contributed by atoms with Crippen LogP contribution in [0.4, 0.5) is 10.5 Å². The van der Waals surface area contributed by atoms with Crippen LogP contribution >= 0.6 is 22.9 Å². The number of benzene rings is 2. The predicted octanol–water partition coefficient (Wildman–Crippen LogP) is 4.91. The smallest absolute Gasteiger partial charge is 0.321 e. The van der Waals surface area contributed by atoms with Gasteiger partial charge >= 0.3 is 6.03 Å². The summed E-state index contributed by atoms with van der Waals surface area (Å²) < 4.78 is 5.77. The van der Waals surface area contributed by atoms with Crippen molar-refractivity contribution < 1.29 is 14.3 Å². The molecule has 0 unspecified atom stereocenters. The highest BCUT2D eigenvalue weighted by Gasteiger charge is 2.24. The van der Waals surface area contributed by atoms with Crippen LogP contribution in [0, 0.1) is 13.8 Å². The van der Waals surface area contributed by atoms with Crippen LogP contribution in [0.3, 0.4) is 0 Å². The Morgan fingerprint density at radius 2 is 1.76 bits per heavy atom. The van der Waals surface area contributed by atoms with E-state index in [2.05, 4.69) is 10.3 Å². The minimum absolute atomic E-state index is 0.0154. The predicted molar refractivity (Wildman–Crippen MR) is 135 cm³/mol. The van der Waals surface area contributed by atoms with Crippen LogP contribution in [0.15, 0.2) is 47.8 Å². The van der Waals surface area contributed by atoms with Crippen LogP contribution < -0.4 is 10.1 Å². The van der Waals surface area contributed by atoms with Crippen molar-refractivity contribution in [1.82, 2.24) is 14.8 Å². The maximum Gasteiger partial charge on any atom is 0.321 e. The largest absolute Gasteiger partial charge is 0.486 e. The van der Waals surface area contributed by atoms with Crippen molar-refractivity contribution in [2.45, 2.75) is 26.9 Å². The number of urea groups is 1. The maximum atomic E-state index is 12.8. The monoisotopic (exact) mass is 498 g/mol. The van der Waals surface area contributed by atoms with Gasteiger partial charge < -0.3 is 19.9 Å². The number of hydrogen-bond donors (Lipinski definition) is 1. The van der Waals surface area contributed by atoms with Gasteiger partial charge in [-0.05, 0) is 43.7 Å². The van der Waals surface area contributed by atoms with Crippen molar-refractivity contribution in [3.8, 4) is 5.75 Å². The van der Waals surface area contributed by atoms with Gasteiger partial charge in [0, 0.05) is 42.3 Å². The molecule has 4 rings (SSSR count). The molecule has 0 saturated carbocycles. The fourth-order valence-electron chi connectivity index (χ4n) is 3.57. The molecule has 0 aliphatic carbocycles. The zero-order valence-corrected chi connectivity index (χ0v) is 20.8. The number of hydrogen-bond acceptors (Lipinski definition) is 5. The molecule has 0 spiro atoms. The number of rotatable bonds is 6. The van der Waals surface area contributed by atoms with Crippen LogP contribution in [0.2, 0.25) is 5.02 Å². The van der Waals surface area contributed by atoms with Gasteiger partial charge in [-0.15, -0.1) is 11.3 Å². The Kier molecular flexibility index (Phi) is 7.70. The van der Waals surface area contributed by atoms with E-state index in [4.69, 9.17) is 16.3 Å². The van der Waals surface area contributed by atoms with Gasteiger partial charge in [-0.25, -0.2) is 9.78 Å². The summed E-state index contributed by atoms with van der Waals surface area (Å²) in [6.45, 7) is 6.26. The van der Waals surface area contributed by atoms with Gasteiger partial charge in [-0.2, -0.15) is 0 Å². The Bertz CT molecular complexity index is 1160. The molecule has 9 heteroatoms. The first-order chi connectivity index (χ1) is 16.4. The number of amides is 3. The van der Waals surface area contributed by atoms with Gasteiger partial charge in [-0.1, -0.05) is 35.4 Å². The molecular formula is C25H27ClN4O3S.